The molecule has 1 unspecified atom stereocenters. The van der Waals surface area contributed by atoms with Gasteiger partial charge in [-0.2, -0.15) is 18.3 Å². The predicted octanol–water partition coefficient (Wildman–Crippen LogP) is 2.13. The first-order valence-corrected chi connectivity index (χ1v) is 6.55. The lowest BCUT2D eigenvalue weighted by Crippen LogP contribution is -2.26. The van der Waals surface area contributed by atoms with Gasteiger partial charge < -0.3 is 0 Å². The monoisotopic (exact) mass is 297 g/mol. The number of hydrazine groups is 1. The largest absolute Gasteiger partial charge is 0.416 e. The van der Waals surface area contributed by atoms with Gasteiger partial charge in [0.1, 0.15) is 5.82 Å². The summed E-state index contributed by atoms with van der Waals surface area (Å²) in [7, 11) is 0. The summed E-state index contributed by atoms with van der Waals surface area (Å²) in [6.07, 6.45) is -3.57. The summed E-state index contributed by atoms with van der Waals surface area (Å²) in [6, 6.07) is 5.03. The van der Waals surface area contributed by atoms with E-state index < -0.39 is 11.7 Å². The van der Waals surface area contributed by atoms with Crippen LogP contribution in [0.3, 0.4) is 0 Å². The van der Waals surface area contributed by atoms with E-state index in [1.807, 2.05) is 0 Å². The van der Waals surface area contributed by atoms with Crippen molar-refractivity contribution in [3.8, 4) is 5.69 Å². The second kappa shape index (κ2) is 5.12. The number of aryl methyl sites for hydroxylation is 1. The van der Waals surface area contributed by atoms with Crippen LogP contribution in [0.5, 0.6) is 0 Å². The number of nitrogens with zero attached hydrogens (tertiary/aromatic N) is 3. The SMILES string of the molecule is Cc1nc(C2CCNN2)n(-c2cccc(C(F)(F)F)c2)n1. The highest BCUT2D eigenvalue weighted by Crippen LogP contribution is 2.31. The number of hydrogen-bond acceptors (Lipinski definition) is 4. The number of nitrogens with one attached hydrogen (secondary N) is 2. The van der Waals surface area contributed by atoms with Crippen molar-refractivity contribution in [2.24, 2.45) is 0 Å². The minimum Gasteiger partial charge on any atom is -0.257 e. The Hall–Kier alpha value is -1.93. The summed E-state index contributed by atoms with van der Waals surface area (Å²) in [4.78, 5) is 4.33. The highest BCUT2D eigenvalue weighted by Gasteiger charge is 2.31. The first-order valence-electron chi connectivity index (χ1n) is 6.55. The molecule has 1 aliphatic rings. The predicted molar refractivity (Wildman–Crippen MR) is 69.6 cm³/mol. The molecule has 1 aromatic carbocycles. The highest BCUT2D eigenvalue weighted by atomic mass is 19.4. The van der Waals surface area contributed by atoms with Gasteiger partial charge in [-0.15, -0.1) is 0 Å². The molecule has 0 bridgehead atoms. The smallest absolute Gasteiger partial charge is 0.257 e. The van der Waals surface area contributed by atoms with Crippen LogP contribution in [0.15, 0.2) is 24.3 Å². The Bertz CT molecular complexity index is 643. The van der Waals surface area contributed by atoms with E-state index in [-0.39, 0.29) is 6.04 Å². The Balaban J connectivity index is 2.04. The molecule has 0 amide bonds. The normalized spacial score (nSPS) is 19.1. The maximum atomic E-state index is 12.8. The Morgan fingerprint density at radius 1 is 1.33 bits per heavy atom. The summed E-state index contributed by atoms with van der Waals surface area (Å²) in [5.41, 5.74) is 5.69. The fraction of sp³-hybridized carbons (Fsp3) is 0.385. The van der Waals surface area contributed by atoms with E-state index in [1.165, 1.54) is 10.7 Å². The van der Waals surface area contributed by atoms with Crippen molar-refractivity contribution in [1.82, 2.24) is 25.6 Å². The highest BCUT2D eigenvalue weighted by molar-refractivity contribution is 5.37. The number of rotatable bonds is 2. The van der Waals surface area contributed by atoms with Gasteiger partial charge in [0, 0.05) is 6.54 Å². The molecule has 1 fully saturated rings. The molecule has 8 heteroatoms. The molecule has 112 valence electrons. The van der Waals surface area contributed by atoms with Gasteiger partial charge in [-0.1, -0.05) is 6.07 Å². The molecule has 1 aliphatic heterocycles. The van der Waals surface area contributed by atoms with E-state index in [9.17, 15) is 13.2 Å². The molecule has 2 heterocycles. The summed E-state index contributed by atoms with van der Waals surface area (Å²) >= 11 is 0. The van der Waals surface area contributed by atoms with Crippen LogP contribution in [0, 0.1) is 6.92 Å². The Labute approximate surface area is 119 Å². The third kappa shape index (κ3) is 2.77. The van der Waals surface area contributed by atoms with Crippen molar-refractivity contribution in [3.05, 3.63) is 41.5 Å². The molecule has 1 saturated heterocycles. The van der Waals surface area contributed by atoms with E-state index >= 15 is 0 Å². The fourth-order valence-corrected chi connectivity index (χ4v) is 2.34. The number of alkyl halides is 3. The Morgan fingerprint density at radius 3 is 2.81 bits per heavy atom. The van der Waals surface area contributed by atoms with Crippen molar-refractivity contribution in [1.29, 1.82) is 0 Å². The molecule has 0 radical (unpaired) electrons. The molecule has 2 N–H and O–H groups in total. The Kier molecular flexibility index (Phi) is 3.42. The van der Waals surface area contributed by atoms with Crippen LogP contribution in [0.4, 0.5) is 13.2 Å². The molecule has 0 aliphatic carbocycles. The van der Waals surface area contributed by atoms with E-state index in [0.29, 0.717) is 17.3 Å². The second-order valence-corrected chi connectivity index (χ2v) is 4.89. The number of benzene rings is 1. The van der Waals surface area contributed by atoms with Crippen LogP contribution >= 0.6 is 0 Å². The minimum atomic E-state index is -4.38. The van der Waals surface area contributed by atoms with Crippen molar-refractivity contribution in [2.45, 2.75) is 25.6 Å². The molecule has 3 rings (SSSR count). The topological polar surface area (TPSA) is 54.8 Å². The molecule has 0 saturated carbocycles. The second-order valence-electron chi connectivity index (χ2n) is 4.89. The van der Waals surface area contributed by atoms with Gasteiger partial charge in [-0.05, 0) is 31.5 Å². The average Bonchev–Trinajstić information content (AvgIpc) is 3.06. The Morgan fingerprint density at radius 2 is 2.14 bits per heavy atom. The molecule has 1 aromatic heterocycles. The number of hydrogen-bond donors (Lipinski definition) is 2. The van der Waals surface area contributed by atoms with E-state index in [0.717, 1.165) is 25.1 Å². The molecule has 5 nitrogen and oxygen atoms in total. The van der Waals surface area contributed by atoms with Gasteiger partial charge in [0.05, 0.1) is 17.3 Å². The van der Waals surface area contributed by atoms with Crippen LogP contribution in [0.1, 0.15) is 29.7 Å². The van der Waals surface area contributed by atoms with Gasteiger partial charge in [0.15, 0.2) is 5.82 Å². The summed E-state index contributed by atoms with van der Waals surface area (Å²) in [5, 5.41) is 4.22. The molecular weight excluding hydrogens is 283 g/mol. The molecular formula is C13H14F3N5. The number of halogens is 3. The van der Waals surface area contributed by atoms with Crippen LogP contribution in [0.25, 0.3) is 5.69 Å². The van der Waals surface area contributed by atoms with Crippen LogP contribution in [0.2, 0.25) is 0 Å². The lowest BCUT2D eigenvalue weighted by molar-refractivity contribution is -0.137. The van der Waals surface area contributed by atoms with Crippen molar-refractivity contribution in [2.75, 3.05) is 6.54 Å². The van der Waals surface area contributed by atoms with E-state index in [4.69, 9.17) is 0 Å². The first kappa shape index (κ1) is 14.0. The van der Waals surface area contributed by atoms with Crippen molar-refractivity contribution >= 4 is 0 Å². The maximum Gasteiger partial charge on any atom is 0.416 e. The minimum absolute atomic E-state index is 0.0688. The van der Waals surface area contributed by atoms with Crippen LogP contribution in [-0.2, 0) is 6.18 Å². The van der Waals surface area contributed by atoms with Gasteiger partial charge in [-0.25, -0.2) is 15.1 Å². The summed E-state index contributed by atoms with van der Waals surface area (Å²) in [6.45, 7) is 2.50. The van der Waals surface area contributed by atoms with Gasteiger partial charge in [0.25, 0.3) is 0 Å². The van der Waals surface area contributed by atoms with Gasteiger partial charge >= 0.3 is 6.18 Å². The lowest BCUT2D eigenvalue weighted by atomic mass is 10.2. The summed E-state index contributed by atoms with van der Waals surface area (Å²) < 4.78 is 39.9. The first-order chi connectivity index (χ1) is 9.95. The lowest BCUT2D eigenvalue weighted by Gasteiger charge is -2.13. The van der Waals surface area contributed by atoms with Crippen molar-refractivity contribution < 1.29 is 13.2 Å². The average molecular weight is 297 g/mol. The summed E-state index contributed by atoms with van der Waals surface area (Å²) in [5.74, 6) is 1.13. The zero-order valence-electron chi connectivity index (χ0n) is 11.3. The van der Waals surface area contributed by atoms with Gasteiger partial charge in [-0.3, -0.25) is 5.43 Å². The quantitative estimate of drug-likeness (QED) is 0.891. The molecule has 0 spiro atoms. The van der Waals surface area contributed by atoms with E-state index in [1.54, 1.807) is 13.0 Å². The molecule has 1 atom stereocenters. The standard InChI is InChI=1S/C13H14F3N5/c1-8-18-12(11-5-6-17-19-11)21(20-8)10-4-2-3-9(7-10)13(14,15)16/h2-4,7,11,17,19H,5-6H2,1H3. The van der Waals surface area contributed by atoms with E-state index in [2.05, 4.69) is 20.9 Å². The van der Waals surface area contributed by atoms with Crippen LogP contribution in [-0.4, -0.2) is 21.3 Å². The third-order valence-corrected chi connectivity index (χ3v) is 3.30. The zero-order valence-corrected chi connectivity index (χ0v) is 11.3. The maximum absolute atomic E-state index is 12.8. The van der Waals surface area contributed by atoms with Crippen LogP contribution < -0.4 is 10.9 Å². The molecule has 2 aromatic rings. The molecule has 21 heavy (non-hydrogen) atoms. The zero-order chi connectivity index (χ0) is 15.0. The number of aromatic nitrogens is 3. The van der Waals surface area contributed by atoms with Crippen molar-refractivity contribution in [3.63, 3.8) is 0 Å². The third-order valence-electron chi connectivity index (χ3n) is 3.30. The van der Waals surface area contributed by atoms with Gasteiger partial charge in [0.2, 0.25) is 0 Å². The fourth-order valence-electron chi connectivity index (χ4n) is 2.34.